The number of fused-ring (bicyclic) bond motifs is 4. The van der Waals surface area contributed by atoms with Gasteiger partial charge in [-0.15, -0.1) is 5.11 Å². The van der Waals surface area contributed by atoms with Crippen LogP contribution in [-0.2, 0) is 80.3 Å². The van der Waals surface area contributed by atoms with E-state index in [-0.39, 0.29) is 112 Å². The van der Waals surface area contributed by atoms with Crippen LogP contribution in [0.2, 0.25) is 0 Å². The number of hydrogen-bond donors (Lipinski definition) is 8. The van der Waals surface area contributed by atoms with Crippen LogP contribution in [0.3, 0.4) is 0 Å². The van der Waals surface area contributed by atoms with Crippen molar-refractivity contribution in [1.29, 1.82) is 0 Å². The molecule has 652 valence electrons. The molecule has 6 aliphatic heterocycles. The Kier molecular flexibility index (Phi) is 35.9. The summed E-state index contributed by atoms with van der Waals surface area (Å²) in [6, 6.07) is 20.4. The molecule has 6 amide bonds. The molecule has 38 heteroatoms. The summed E-state index contributed by atoms with van der Waals surface area (Å²) in [5, 5.41) is 58.0. The van der Waals surface area contributed by atoms with Crippen LogP contribution in [0, 0.1) is 23.7 Å². The van der Waals surface area contributed by atoms with Crippen molar-refractivity contribution in [2.45, 2.75) is 211 Å². The van der Waals surface area contributed by atoms with Gasteiger partial charge in [0.1, 0.15) is 40.5 Å². The number of azo groups is 1. The van der Waals surface area contributed by atoms with Gasteiger partial charge < -0.3 is 108 Å². The fourth-order valence-corrected chi connectivity index (χ4v) is 15.6. The quantitative estimate of drug-likeness (QED) is 0.0137. The Bertz CT molecular complexity index is 4140. The average Bonchev–Trinajstić information content (AvgIpc) is 1.68. The van der Waals surface area contributed by atoms with E-state index in [9.17, 15) is 60.9 Å². The van der Waals surface area contributed by atoms with Crippen LogP contribution >= 0.6 is 0 Å². The van der Waals surface area contributed by atoms with Crippen LogP contribution < -0.4 is 45.0 Å². The monoisotopic (exact) mass is 1690 g/mol. The predicted molar refractivity (Wildman–Crippen MR) is 420 cm³/mol. The van der Waals surface area contributed by atoms with Crippen molar-refractivity contribution in [2.24, 2.45) is 33.9 Å². The summed E-state index contributed by atoms with van der Waals surface area (Å²) in [6.07, 6.45) is -4.86. The zero-order valence-corrected chi connectivity index (χ0v) is 70.5. The van der Waals surface area contributed by atoms with E-state index in [4.69, 9.17) is 71.4 Å². The molecule has 0 radical (unpaired) electrons. The summed E-state index contributed by atoms with van der Waals surface area (Å²) in [5.74, 6) is 1.44. The third-order valence-electron chi connectivity index (χ3n) is 17.6. The van der Waals surface area contributed by atoms with Gasteiger partial charge in [0.25, 0.3) is 5.91 Å². The lowest BCUT2D eigenvalue weighted by molar-refractivity contribution is -0.116. The Morgan fingerprint density at radius 1 is 0.530 bits per heavy atom. The molecular weight excluding hydrogens is 1570 g/mol. The second kappa shape index (κ2) is 44.2. The van der Waals surface area contributed by atoms with Crippen LogP contribution in [0.5, 0.6) is 34.5 Å². The van der Waals surface area contributed by atoms with Gasteiger partial charge in [0.2, 0.25) is 33.6 Å². The molecule has 4 aromatic carbocycles. The zero-order chi connectivity index (χ0) is 86.0. The van der Waals surface area contributed by atoms with Crippen molar-refractivity contribution in [2.75, 3.05) is 92.5 Å². The van der Waals surface area contributed by atoms with Gasteiger partial charge in [0.15, 0.2) is 35.6 Å². The second-order valence-electron chi connectivity index (χ2n) is 32.1. The highest BCUT2D eigenvalue weighted by molar-refractivity contribution is 7.89. The maximum Gasteiger partial charge on any atom is 0.453 e. The van der Waals surface area contributed by atoms with Gasteiger partial charge in [-0.1, -0.05) is 57.1 Å². The molecule has 4 saturated heterocycles. The average molecular weight is 1690 g/mol. The van der Waals surface area contributed by atoms with Gasteiger partial charge >= 0.3 is 30.5 Å². The number of phenols is 1. The third-order valence-corrected chi connectivity index (χ3v) is 21.3. The summed E-state index contributed by atoms with van der Waals surface area (Å²) in [6.45, 7) is 27.0. The van der Waals surface area contributed by atoms with E-state index >= 15 is 0 Å². The van der Waals surface area contributed by atoms with Crippen LogP contribution in [-0.4, -0.2) is 241 Å². The first-order valence-corrected chi connectivity index (χ1v) is 41.7. The number of ether oxygens (including phenoxy) is 14. The number of aliphatic hydroxyl groups excluding tert-OH is 3. The van der Waals surface area contributed by atoms with E-state index in [0.717, 1.165) is 11.1 Å². The number of rotatable bonds is 30. The van der Waals surface area contributed by atoms with Crippen LogP contribution in [0.15, 0.2) is 105 Å². The van der Waals surface area contributed by atoms with Crippen LogP contribution in [0.25, 0.3) is 0 Å². The fraction of sp³-hybridized carbons (Fsp3) is 0.620. The summed E-state index contributed by atoms with van der Waals surface area (Å²) in [7, 11) is -8.14. The van der Waals surface area contributed by atoms with Gasteiger partial charge in [-0.3, -0.25) is 4.79 Å². The lowest BCUT2D eigenvalue weighted by Crippen LogP contribution is -2.51. The molecule has 0 unspecified atom stereocenters. The van der Waals surface area contributed by atoms with Crippen molar-refractivity contribution < 1.29 is 132 Å². The zero-order valence-electron chi connectivity index (χ0n) is 68.8. The summed E-state index contributed by atoms with van der Waals surface area (Å²) < 4.78 is 134. The molecule has 36 nitrogen and oxygen atoms in total. The molecule has 10 rings (SSSR count). The SMILES string of the molecule is CC(=O)N=NC(=O)OC(C)(C)C.CC(C)(C)OC(=O)NCCCO.CC(C)CN(C[C@@H](O)[C@H](Cc1ccc(O)cc1)NC(=O)O[C@@H]1CO[C@H]2OCC[C@H]21)S(=O)(=O)c1ccc2c(c1)OCO2.CC(C)CN(C[C@@H](O)[C@H](Cc1ccc(OCCCNC(=O)OC(C)(C)C)cc1)NC(=O)O[C@@H]1CO[C@H]2OCC[C@H]21)S(=O)(=O)c1ccc2c(c1)OCO2. The number of benzene rings is 4. The molecule has 0 aliphatic carbocycles. The normalized spacial score (nSPS) is 19.6. The van der Waals surface area contributed by atoms with Crippen molar-refractivity contribution >= 4 is 56.4 Å². The molecule has 4 aromatic rings. The Labute approximate surface area is 683 Å². The number of nitrogens with one attached hydrogen (secondary N) is 4. The number of amides is 6. The standard InChI is InChI=1S/C36H51N3O12S.C28H36N2O10S.C8H17NO3.C7H12N2O3/c1-23(2)19-39(52(43,44)26-11-12-30-31(18-26)49-22-48-30)20-29(40)28(38-35(42)50-32-21-47-33-27(32)13-16-46-33)17-24-7-9-25(10-8-24)45-15-6-14-37-34(41)51-36(3,4)5;1-17(2)13-30(41(34,35)20-7-8-24-25(12-20)39-16-38-24)14-23(32)22(11-18-3-5-19(31)6-4-18)29-28(33)40-26-15-37-27-21(26)9-10-36-27;1-8(2,3)12-7(11)9-5-4-6-10;1-5(10)8-9-6(11)12-7(2,3)4/h7-12,18,23,27-29,32-33,40H,6,13-17,19-22H2,1-5H3,(H,37,41)(H,38,42);3-8,12,17,21-23,26-27,31-32H,9-11,13-16H2,1-2H3,(H,29,33);10H,4-6H2,1-3H3,(H,9,11);1-4H3/t27-,28-,29+,32+,33+;21-,22-,23+,26+,27+;;/m00../s1. The highest BCUT2D eigenvalue weighted by atomic mass is 32.2. The van der Waals surface area contributed by atoms with E-state index in [1.807, 2.05) is 39.8 Å². The number of carbonyl (C=O) groups is 6. The van der Waals surface area contributed by atoms with Crippen molar-refractivity contribution in [1.82, 2.24) is 29.9 Å². The number of alkyl carbamates (subject to hydrolysis) is 4. The number of phenolic OH excluding ortho intramolecular Hbond substituents is 1. The van der Waals surface area contributed by atoms with Crippen molar-refractivity contribution in [3.05, 3.63) is 96.1 Å². The molecule has 4 fully saturated rings. The van der Waals surface area contributed by atoms with Crippen LogP contribution in [0.4, 0.5) is 24.0 Å². The minimum Gasteiger partial charge on any atom is -0.508 e. The molecule has 6 heterocycles. The molecule has 0 saturated carbocycles. The summed E-state index contributed by atoms with van der Waals surface area (Å²) >= 11 is 0. The predicted octanol–water partition coefficient (Wildman–Crippen LogP) is 8.86. The van der Waals surface area contributed by atoms with Crippen molar-refractivity contribution in [3.8, 4) is 34.5 Å². The first kappa shape index (κ1) is 95.2. The van der Waals surface area contributed by atoms with E-state index in [2.05, 4.69) is 31.5 Å². The Morgan fingerprint density at radius 2 is 0.940 bits per heavy atom. The first-order chi connectivity index (χ1) is 55.0. The molecule has 10 atom stereocenters. The summed E-state index contributed by atoms with van der Waals surface area (Å²) in [4.78, 5) is 70.0. The maximum atomic E-state index is 13.9. The third kappa shape index (κ3) is 32.0. The van der Waals surface area contributed by atoms with Gasteiger partial charge in [-0.2, -0.15) is 8.61 Å². The number of aromatic hydroxyl groups is 1. The molecule has 6 aliphatic rings. The second-order valence-corrected chi connectivity index (χ2v) is 36.0. The number of aliphatic hydroxyl groups is 3. The first-order valence-electron chi connectivity index (χ1n) is 38.8. The largest absolute Gasteiger partial charge is 0.508 e. The van der Waals surface area contributed by atoms with Gasteiger partial charge in [0.05, 0.1) is 79.0 Å². The highest BCUT2D eigenvalue weighted by Gasteiger charge is 2.46. The Hall–Kier alpha value is -8.96. The lowest BCUT2D eigenvalue weighted by atomic mass is 10.0. The number of sulfonamides is 2. The lowest BCUT2D eigenvalue weighted by Gasteiger charge is -2.31. The Balaban J connectivity index is 0.000000256. The molecule has 0 spiro atoms. The van der Waals surface area contributed by atoms with Crippen LogP contribution in [0.1, 0.15) is 134 Å². The molecule has 0 aromatic heterocycles. The van der Waals surface area contributed by atoms with Gasteiger partial charge in [-0.25, -0.2) is 40.8 Å². The maximum absolute atomic E-state index is 13.9. The molecule has 8 N–H and O–H groups in total. The van der Waals surface area contributed by atoms with E-state index < -0.39 is 122 Å². The van der Waals surface area contributed by atoms with Gasteiger partial charge in [-0.05, 0) is 172 Å². The fourth-order valence-electron chi connectivity index (χ4n) is 12.3. The van der Waals surface area contributed by atoms with Gasteiger partial charge in [0, 0.05) is 64.9 Å². The number of hydrogen-bond acceptors (Lipinski definition) is 28. The summed E-state index contributed by atoms with van der Waals surface area (Å²) in [5.41, 5.74) is -0.164. The number of carbonyl (C=O) groups excluding carboxylic acids is 6. The van der Waals surface area contributed by atoms with E-state index in [0.29, 0.717) is 87.3 Å². The smallest absolute Gasteiger partial charge is 0.453 e. The molecular formula is C79H116N8O28S2. The highest BCUT2D eigenvalue weighted by Crippen LogP contribution is 2.38. The molecule has 117 heavy (non-hydrogen) atoms. The minimum absolute atomic E-state index is 0.000649. The molecule has 0 bridgehead atoms. The minimum atomic E-state index is -4.09. The number of nitrogens with zero attached hydrogens (tertiary/aromatic N) is 4. The van der Waals surface area contributed by atoms with E-state index in [1.54, 1.807) is 92.6 Å². The van der Waals surface area contributed by atoms with E-state index in [1.165, 1.54) is 58.0 Å². The topological polar surface area (TPSA) is 460 Å². The van der Waals surface area contributed by atoms with Crippen molar-refractivity contribution in [3.63, 3.8) is 0 Å². The Morgan fingerprint density at radius 3 is 1.34 bits per heavy atom.